The van der Waals surface area contributed by atoms with E-state index >= 15 is 0 Å². The molecule has 0 aromatic heterocycles. The van der Waals surface area contributed by atoms with Gasteiger partial charge in [-0.05, 0) is 19.3 Å². The summed E-state index contributed by atoms with van der Waals surface area (Å²) in [6.07, 6.45) is 11.3. The molecule has 1 heterocycles. The molecule has 0 aromatic rings. The lowest BCUT2D eigenvalue weighted by atomic mass is 9.84. The Bertz CT molecular complexity index is 374. The predicted molar refractivity (Wildman–Crippen MR) is 64.9 cm³/mol. The molecular weight excluding hydrogens is 214 g/mol. The second-order valence-electron chi connectivity index (χ2n) is 5.20. The Morgan fingerprint density at radius 1 is 1.41 bits per heavy atom. The van der Waals surface area contributed by atoms with Gasteiger partial charge in [0, 0.05) is 6.42 Å². The summed E-state index contributed by atoms with van der Waals surface area (Å²) in [6, 6.07) is -0.333. The summed E-state index contributed by atoms with van der Waals surface area (Å²) in [5.74, 6) is 2.53. The Hall–Kier alpha value is -1.30. The first-order valence-corrected chi connectivity index (χ1v) is 6.47. The van der Waals surface area contributed by atoms with E-state index in [1.807, 2.05) is 6.92 Å². The fourth-order valence-corrected chi connectivity index (χ4v) is 3.14. The zero-order valence-electron chi connectivity index (χ0n) is 10.4. The van der Waals surface area contributed by atoms with E-state index in [4.69, 9.17) is 6.42 Å². The lowest BCUT2D eigenvalue weighted by molar-refractivity contribution is -0.142. The maximum atomic E-state index is 12.4. The quantitative estimate of drug-likeness (QED) is 0.553. The highest BCUT2D eigenvalue weighted by Crippen LogP contribution is 2.47. The van der Waals surface area contributed by atoms with Gasteiger partial charge in [-0.3, -0.25) is 14.5 Å². The van der Waals surface area contributed by atoms with Crippen molar-refractivity contribution in [3.05, 3.63) is 0 Å². The Kier molecular flexibility index (Phi) is 3.24. The Balaban J connectivity index is 2.22. The maximum Gasteiger partial charge on any atom is 0.236 e. The van der Waals surface area contributed by atoms with Crippen molar-refractivity contribution in [2.75, 3.05) is 0 Å². The highest BCUT2D eigenvalue weighted by Gasteiger charge is 2.53. The lowest BCUT2D eigenvalue weighted by Crippen LogP contribution is -2.41. The molecule has 0 N–H and O–H groups in total. The van der Waals surface area contributed by atoms with Gasteiger partial charge in [-0.15, -0.1) is 6.42 Å². The monoisotopic (exact) mass is 233 g/mol. The molecule has 0 bridgehead atoms. The third-order valence-electron chi connectivity index (χ3n) is 4.06. The average Bonchev–Trinajstić information content (AvgIpc) is 2.85. The fraction of sp³-hybridized carbons (Fsp3) is 0.714. The van der Waals surface area contributed by atoms with Crippen molar-refractivity contribution >= 4 is 11.8 Å². The highest BCUT2D eigenvalue weighted by atomic mass is 16.2. The summed E-state index contributed by atoms with van der Waals surface area (Å²) in [5, 5.41) is 0. The first-order valence-electron chi connectivity index (χ1n) is 6.47. The number of terminal acetylenes is 1. The van der Waals surface area contributed by atoms with Crippen LogP contribution in [0.4, 0.5) is 0 Å². The molecule has 2 aliphatic rings. The molecule has 92 valence electrons. The summed E-state index contributed by atoms with van der Waals surface area (Å²) in [6.45, 7) is 2.01. The molecule has 2 rings (SSSR count). The van der Waals surface area contributed by atoms with Crippen LogP contribution in [0.15, 0.2) is 0 Å². The second-order valence-corrected chi connectivity index (χ2v) is 5.20. The van der Waals surface area contributed by atoms with Crippen LogP contribution in [0.5, 0.6) is 0 Å². The average molecular weight is 233 g/mol. The molecule has 2 fully saturated rings. The zero-order valence-corrected chi connectivity index (χ0v) is 10.4. The van der Waals surface area contributed by atoms with E-state index in [0.717, 1.165) is 32.1 Å². The van der Waals surface area contributed by atoms with Crippen LogP contribution in [0.25, 0.3) is 0 Å². The van der Waals surface area contributed by atoms with E-state index in [-0.39, 0.29) is 23.3 Å². The number of amides is 2. The van der Waals surface area contributed by atoms with Gasteiger partial charge in [0.1, 0.15) is 6.04 Å². The van der Waals surface area contributed by atoms with E-state index < -0.39 is 0 Å². The largest absolute Gasteiger partial charge is 0.274 e. The van der Waals surface area contributed by atoms with Crippen LogP contribution < -0.4 is 0 Å². The van der Waals surface area contributed by atoms with Gasteiger partial charge < -0.3 is 0 Å². The molecule has 1 aliphatic carbocycles. The normalized spacial score (nSPS) is 24.4. The van der Waals surface area contributed by atoms with E-state index in [1.165, 1.54) is 4.90 Å². The lowest BCUT2D eigenvalue weighted by Gasteiger charge is -2.24. The third-order valence-corrected chi connectivity index (χ3v) is 4.06. The highest BCUT2D eigenvalue weighted by molar-refractivity contribution is 6.06. The fourth-order valence-electron chi connectivity index (χ4n) is 3.14. The van der Waals surface area contributed by atoms with Gasteiger partial charge in [0.15, 0.2) is 0 Å². The van der Waals surface area contributed by atoms with Crippen molar-refractivity contribution in [3.63, 3.8) is 0 Å². The summed E-state index contributed by atoms with van der Waals surface area (Å²) in [4.78, 5) is 25.8. The Morgan fingerprint density at radius 3 is 2.59 bits per heavy atom. The minimum Gasteiger partial charge on any atom is -0.274 e. The van der Waals surface area contributed by atoms with Crippen LogP contribution in [0.2, 0.25) is 0 Å². The molecule has 17 heavy (non-hydrogen) atoms. The van der Waals surface area contributed by atoms with Crippen molar-refractivity contribution in [2.45, 2.75) is 57.9 Å². The second kappa shape index (κ2) is 4.52. The first kappa shape index (κ1) is 12.2. The van der Waals surface area contributed by atoms with Crippen LogP contribution in [0, 0.1) is 17.8 Å². The van der Waals surface area contributed by atoms with E-state index in [1.54, 1.807) is 0 Å². The molecule has 1 spiro atoms. The number of imide groups is 1. The van der Waals surface area contributed by atoms with Crippen molar-refractivity contribution < 1.29 is 9.59 Å². The maximum absolute atomic E-state index is 12.4. The van der Waals surface area contributed by atoms with Gasteiger partial charge in [-0.1, -0.05) is 32.1 Å². The molecule has 0 aromatic carbocycles. The zero-order chi connectivity index (χ0) is 12.5. The van der Waals surface area contributed by atoms with Gasteiger partial charge in [0.25, 0.3) is 0 Å². The SMILES string of the molecule is C#CC(CCC)N1C(=O)CC2(CCCC2)C1=O. The Morgan fingerprint density at radius 2 is 2.06 bits per heavy atom. The molecule has 1 unspecified atom stereocenters. The standard InChI is InChI=1S/C14H19NO2/c1-3-7-11(4-2)15-12(16)10-14(13(15)17)8-5-6-9-14/h2,11H,3,5-10H2,1H3. The molecule has 1 atom stereocenters. The topological polar surface area (TPSA) is 37.4 Å². The molecule has 3 heteroatoms. The predicted octanol–water partition coefficient (Wildman–Crippen LogP) is 2.11. The van der Waals surface area contributed by atoms with Crippen molar-refractivity contribution in [3.8, 4) is 12.3 Å². The summed E-state index contributed by atoms with van der Waals surface area (Å²) >= 11 is 0. The van der Waals surface area contributed by atoms with E-state index in [0.29, 0.717) is 12.8 Å². The van der Waals surface area contributed by atoms with Crippen molar-refractivity contribution in [1.82, 2.24) is 4.90 Å². The molecule has 0 radical (unpaired) electrons. The van der Waals surface area contributed by atoms with Crippen LogP contribution in [-0.4, -0.2) is 22.8 Å². The van der Waals surface area contributed by atoms with Gasteiger partial charge >= 0.3 is 0 Å². The summed E-state index contributed by atoms with van der Waals surface area (Å²) < 4.78 is 0. The number of carbonyl (C=O) groups is 2. The van der Waals surface area contributed by atoms with E-state index in [9.17, 15) is 9.59 Å². The van der Waals surface area contributed by atoms with Gasteiger partial charge in [-0.2, -0.15) is 0 Å². The van der Waals surface area contributed by atoms with Gasteiger partial charge in [0.2, 0.25) is 11.8 Å². The first-order chi connectivity index (χ1) is 8.14. The molecule has 2 amide bonds. The number of hydrogen-bond acceptors (Lipinski definition) is 2. The molecule has 1 saturated heterocycles. The molecule has 3 nitrogen and oxygen atoms in total. The van der Waals surface area contributed by atoms with Crippen LogP contribution in [0.1, 0.15) is 51.9 Å². The minimum atomic E-state index is -0.389. The number of rotatable bonds is 3. The molecular formula is C14H19NO2. The number of hydrogen-bond donors (Lipinski definition) is 0. The van der Waals surface area contributed by atoms with Crippen LogP contribution in [-0.2, 0) is 9.59 Å². The molecule has 1 saturated carbocycles. The smallest absolute Gasteiger partial charge is 0.236 e. The van der Waals surface area contributed by atoms with Crippen LogP contribution in [0.3, 0.4) is 0 Å². The summed E-state index contributed by atoms with van der Waals surface area (Å²) in [7, 11) is 0. The third kappa shape index (κ3) is 1.86. The van der Waals surface area contributed by atoms with Crippen molar-refractivity contribution in [1.29, 1.82) is 0 Å². The molecule has 1 aliphatic heterocycles. The Labute approximate surface area is 103 Å². The minimum absolute atomic E-state index is 0.00333. The van der Waals surface area contributed by atoms with Crippen molar-refractivity contribution in [2.24, 2.45) is 5.41 Å². The van der Waals surface area contributed by atoms with Gasteiger partial charge in [0.05, 0.1) is 5.41 Å². The number of carbonyl (C=O) groups excluding carboxylic acids is 2. The summed E-state index contributed by atoms with van der Waals surface area (Å²) in [5.41, 5.74) is -0.389. The van der Waals surface area contributed by atoms with E-state index in [2.05, 4.69) is 5.92 Å². The van der Waals surface area contributed by atoms with Crippen LogP contribution >= 0.6 is 0 Å². The van der Waals surface area contributed by atoms with Gasteiger partial charge in [-0.25, -0.2) is 0 Å². The number of likely N-dealkylation sites (tertiary alicyclic amines) is 1. The number of nitrogens with zero attached hydrogens (tertiary/aromatic N) is 1.